The average Bonchev–Trinajstić information content (AvgIpc) is 3.11. The molecular weight excluding hydrogens is 615 g/mol. The molecular formula is C50H103N. The number of hydrogen-bond acceptors (Lipinski definition) is 1. The maximum atomic E-state index is 2.88. The second kappa shape index (κ2) is 44.4. The monoisotopic (exact) mass is 718 g/mol. The third-order valence-electron chi connectivity index (χ3n) is 11.8. The first-order valence-electron chi connectivity index (χ1n) is 24.8. The highest BCUT2D eigenvalue weighted by Gasteiger charge is 2.06. The fourth-order valence-corrected chi connectivity index (χ4v) is 8.18. The van der Waals surface area contributed by atoms with E-state index in [1.807, 2.05) is 0 Å². The van der Waals surface area contributed by atoms with Gasteiger partial charge < -0.3 is 4.90 Å². The minimum Gasteiger partial charge on any atom is -0.303 e. The van der Waals surface area contributed by atoms with E-state index in [0.29, 0.717) is 0 Å². The number of nitrogens with zero attached hydrogens (tertiary/aromatic N) is 1. The van der Waals surface area contributed by atoms with Gasteiger partial charge in [0.2, 0.25) is 0 Å². The Labute approximate surface area is 326 Å². The van der Waals surface area contributed by atoms with Crippen LogP contribution in [0.1, 0.15) is 291 Å². The molecule has 0 unspecified atom stereocenters. The molecule has 0 N–H and O–H groups in total. The van der Waals surface area contributed by atoms with E-state index in [9.17, 15) is 0 Å². The van der Waals surface area contributed by atoms with Crippen LogP contribution in [0.25, 0.3) is 0 Å². The summed E-state index contributed by atoms with van der Waals surface area (Å²) in [7, 11) is 0. The topological polar surface area (TPSA) is 3.24 Å². The molecule has 0 bridgehead atoms. The van der Waals surface area contributed by atoms with Gasteiger partial charge in [-0.1, -0.05) is 272 Å². The van der Waals surface area contributed by atoms with Crippen molar-refractivity contribution in [3.63, 3.8) is 0 Å². The minimum absolute atomic E-state index is 0.890. The van der Waals surface area contributed by atoms with Gasteiger partial charge in [0.15, 0.2) is 0 Å². The van der Waals surface area contributed by atoms with Gasteiger partial charge in [0, 0.05) is 0 Å². The molecule has 0 heterocycles. The summed E-state index contributed by atoms with van der Waals surface area (Å²) in [5.74, 6) is 1.78. The van der Waals surface area contributed by atoms with Crippen LogP contribution in [0, 0.1) is 11.8 Å². The number of rotatable bonds is 45. The highest BCUT2D eigenvalue weighted by Crippen LogP contribution is 2.17. The zero-order valence-electron chi connectivity index (χ0n) is 37.0. The molecule has 1 heteroatoms. The Bertz CT molecular complexity index is 558. The Morgan fingerprint density at radius 3 is 0.608 bits per heavy atom. The van der Waals surface area contributed by atoms with Crippen LogP contribution in [-0.4, -0.2) is 24.5 Å². The molecule has 308 valence electrons. The first kappa shape index (κ1) is 51.0. The van der Waals surface area contributed by atoms with Gasteiger partial charge >= 0.3 is 0 Å². The molecule has 0 aliphatic rings. The summed E-state index contributed by atoms with van der Waals surface area (Å²) < 4.78 is 0. The zero-order chi connectivity index (χ0) is 37.1. The van der Waals surface area contributed by atoms with E-state index in [-0.39, 0.29) is 0 Å². The van der Waals surface area contributed by atoms with E-state index >= 15 is 0 Å². The van der Waals surface area contributed by atoms with Crippen molar-refractivity contribution in [1.29, 1.82) is 0 Å². The quantitative estimate of drug-likeness (QED) is 0.0567. The Morgan fingerprint density at radius 1 is 0.235 bits per heavy atom. The first-order valence-corrected chi connectivity index (χ1v) is 24.8. The van der Waals surface area contributed by atoms with Gasteiger partial charge in [0.25, 0.3) is 0 Å². The van der Waals surface area contributed by atoms with Crippen LogP contribution in [0.15, 0.2) is 0 Å². The molecule has 0 saturated carbocycles. The Hall–Kier alpha value is -0.0400. The van der Waals surface area contributed by atoms with Crippen molar-refractivity contribution < 1.29 is 0 Å². The molecule has 0 saturated heterocycles. The smallest absolute Gasteiger partial charge is 0.00187 e. The van der Waals surface area contributed by atoms with Crippen molar-refractivity contribution in [2.75, 3.05) is 19.6 Å². The van der Waals surface area contributed by atoms with E-state index in [2.05, 4.69) is 39.5 Å². The number of hydrogen-bond donors (Lipinski definition) is 0. The normalized spacial score (nSPS) is 12.0. The predicted octanol–water partition coefficient (Wildman–Crippen LogP) is 18.2. The molecule has 51 heavy (non-hydrogen) atoms. The van der Waals surface area contributed by atoms with E-state index in [1.54, 1.807) is 0 Å². The van der Waals surface area contributed by atoms with Gasteiger partial charge in [-0.25, -0.2) is 0 Å². The maximum Gasteiger partial charge on any atom is -0.00187 e. The average molecular weight is 718 g/mol. The summed E-state index contributed by atoms with van der Waals surface area (Å²) in [5.41, 5.74) is 0. The Kier molecular flexibility index (Phi) is 44.3. The standard InChI is InChI=1S/C50H103N/c1-6-7-8-9-10-11-12-21-26-31-36-41-46-51(47-42-37-32-27-22-17-13-15-19-24-29-34-39-44-49(2)3)48-43-38-33-28-23-18-14-16-20-25-30-35-40-45-50(4)5/h49-50H,6-48H2,1-5H3. The van der Waals surface area contributed by atoms with Gasteiger partial charge in [-0.3, -0.25) is 0 Å². The summed E-state index contributed by atoms with van der Waals surface area (Å²) >= 11 is 0. The van der Waals surface area contributed by atoms with Crippen LogP contribution < -0.4 is 0 Å². The summed E-state index contributed by atoms with van der Waals surface area (Å²) in [6.45, 7) is 15.9. The third-order valence-corrected chi connectivity index (χ3v) is 11.8. The molecule has 0 radical (unpaired) electrons. The summed E-state index contributed by atoms with van der Waals surface area (Å²) in [6.07, 6.45) is 58.6. The van der Waals surface area contributed by atoms with Crippen LogP contribution >= 0.6 is 0 Å². The highest BCUT2D eigenvalue weighted by molar-refractivity contribution is 4.61. The highest BCUT2D eigenvalue weighted by atomic mass is 15.1. The minimum atomic E-state index is 0.890. The molecule has 0 amide bonds. The fourth-order valence-electron chi connectivity index (χ4n) is 8.18. The van der Waals surface area contributed by atoms with E-state index < -0.39 is 0 Å². The van der Waals surface area contributed by atoms with Gasteiger partial charge in [-0.15, -0.1) is 0 Å². The van der Waals surface area contributed by atoms with Gasteiger partial charge in [0.1, 0.15) is 0 Å². The van der Waals surface area contributed by atoms with Crippen LogP contribution in [0.5, 0.6) is 0 Å². The molecule has 0 rings (SSSR count). The van der Waals surface area contributed by atoms with Crippen LogP contribution in [0.3, 0.4) is 0 Å². The predicted molar refractivity (Wildman–Crippen MR) is 236 cm³/mol. The molecule has 0 atom stereocenters. The second-order valence-corrected chi connectivity index (χ2v) is 18.3. The number of unbranched alkanes of at least 4 members (excludes halogenated alkanes) is 35. The lowest BCUT2D eigenvalue weighted by molar-refractivity contribution is 0.254. The van der Waals surface area contributed by atoms with Gasteiger partial charge in [0.05, 0.1) is 0 Å². The van der Waals surface area contributed by atoms with Crippen molar-refractivity contribution >= 4 is 0 Å². The Morgan fingerprint density at radius 2 is 0.412 bits per heavy atom. The van der Waals surface area contributed by atoms with Crippen LogP contribution in [0.4, 0.5) is 0 Å². The molecule has 0 aliphatic carbocycles. The maximum absolute atomic E-state index is 2.88. The van der Waals surface area contributed by atoms with E-state index in [4.69, 9.17) is 0 Å². The second-order valence-electron chi connectivity index (χ2n) is 18.3. The van der Waals surface area contributed by atoms with Crippen molar-refractivity contribution in [1.82, 2.24) is 4.90 Å². The van der Waals surface area contributed by atoms with Gasteiger partial charge in [-0.05, 0) is 50.7 Å². The van der Waals surface area contributed by atoms with Crippen molar-refractivity contribution in [3.05, 3.63) is 0 Å². The molecule has 0 aliphatic heterocycles. The van der Waals surface area contributed by atoms with Crippen LogP contribution in [-0.2, 0) is 0 Å². The third kappa shape index (κ3) is 46.0. The lowest BCUT2D eigenvalue weighted by Gasteiger charge is -2.22. The summed E-state index contributed by atoms with van der Waals surface area (Å²) in [4.78, 5) is 2.88. The lowest BCUT2D eigenvalue weighted by atomic mass is 10.0. The summed E-state index contributed by atoms with van der Waals surface area (Å²) in [5, 5.41) is 0. The molecule has 1 nitrogen and oxygen atoms in total. The molecule has 0 aromatic carbocycles. The first-order chi connectivity index (χ1) is 25.1. The van der Waals surface area contributed by atoms with Crippen molar-refractivity contribution in [2.24, 2.45) is 11.8 Å². The zero-order valence-corrected chi connectivity index (χ0v) is 37.0. The van der Waals surface area contributed by atoms with Crippen molar-refractivity contribution in [3.8, 4) is 0 Å². The SMILES string of the molecule is CCCCCCCCCCCCCCN(CCCCCCCCCCCCCCCC(C)C)CCCCCCCCCCCCCCCC(C)C. The lowest BCUT2D eigenvalue weighted by Crippen LogP contribution is -2.27. The molecule has 0 aromatic rings. The molecule has 0 fully saturated rings. The van der Waals surface area contributed by atoms with E-state index in [1.165, 1.54) is 276 Å². The summed E-state index contributed by atoms with van der Waals surface area (Å²) in [6, 6.07) is 0. The van der Waals surface area contributed by atoms with Gasteiger partial charge in [-0.2, -0.15) is 0 Å². The molecule has 0 spiro atoms. The molecule has 0 aromatic heterocycles. The van der Waals surface area contributed by atoms with Crippen molar-refractivity contribution in [2.45, 2.75) is 291 Å². The Balaban J connectivity index is 3.93. The largest absolute Gasteiger partial charge is 0.303 e. The van der Waals surface area contributed by atoms with Crippen LogP contribution in [0.2, 0.25) is 0 Å². The fraction of sp³-hybridized carbons (Fsp3) is 1.00. The van der Waals surface area contributed by atoms with E-state index in [0.717, 1.165) is 11.8 Å².